The molecule has 2 heterocycles. The molecule has 0 atom stereocenters. The number of rotatable bonds is 2. The van der Waals surface area contributed by atoms with Gasteiger partial charge in [0.15, 0.2) is 14.9 Å². The van der Waals surface area contributed by atoms with Crippen LogP contribution in [0.1, 0.15) is 12.1 Å². The molecular formula is C10H7ClF2N2O2S. The molecule has 0 aliphatic heterocycles. The third kappa shape index (κ3) is 2.41. The van der Waals surface area contributed by atoms with E-state index >= 15 is 0 Å². The Hall–Kier alpha value is -1.34. The number of aromatic nitrogens is 2. The Morgan fingerprint density at radius 3 is 2.56 bits per heavy atom. The maximum atomic E-state index is 12.6. The molecule has 0 radical (unpaired) electrons. The molecule has 8 heteroatoms. The number of halogens is 3. The standard InChI is InChI=1S/C10H7ClF2N2O2S/c1-18(16,17)10-6-3-8(11)14-4-5(6)2-7(15-10)9(12)13/h2-4,9H,1H3. The summed E-state index contributed by atoms with van der Waals surface area (Å²) in [5.74, 6) is 0. The predicted octanol–water partition coefficient (Wildman–Crippen LogP) is 2.62. The SMILES string of the molecule is CS(=O)(=O)c1nc(C(F)F)cc2cnc(Cl)cc12. The van der Waals surface area contributed by atoms with E-state index in [0.29, 0.717) is 0 Å². The highest BCUT2D eigenvalue weighted by Gasteiger charge is 2.19. The van der Waals surface area contributed by atoms with Gasteiger partial charge in [0.2, 0.25) is 0 Å². The largest absolute Gasteiger partial charge is 0.280 e. The van der Waals surface area contributed by atoms with Crippen LogP contribution in [0.2, 0.25) is 5.15 Å². The molecule has 0 aromatic carbocycles. The van der Waals surface area contributed by atoms with Crippen molar-refractivity contribution in [1.82, 2.24) is 9.97 Å². The number of hydrogen-bond donors (Lipinski definition) is 0. The summed E-state index contributed by atoms with van der Waals surface area (Å²) in [5, 5.41) is 0.0885. The lowest BCUT2D eigenvalue weighted by Gasteiger charge is -2.07. The number of hydrogen-bond acceptors (Lipinski definition) is 4. The number of nitrogens with zero attached hydrogens (tertiary/aromatic N) is 2. The van der Waals surface area contributed by atoms with E-state index < -0.39 is 27.0 Å². The Kier molecular flexibility index (Phi) is 3.20. The fourth-order valence-corrected chi connectivity index (χ4v) is 2.51. The van der Waals surface area contributed by atoms with Crippen LogP contribution in [0.3, 0.4) is 0 Å². The first-order chi connectivity index (χ1) is 8.29. The highest BCUT2D eigenvalue weighted by Crippen LogP contribution is 2.27. The normalized spacial score (nSPS) is 12.3. The fraction of sp³-hybridized carbons (Fsp3) is 0.200. The Labute approximate surface area is 107 Å². The van der Waals surface area contributed by atoms with Gasteiger partial charge in [-0.3, -0.25) is 0 Å². The first-order valence-corrected chi connectivity index (χ1v) is 7.00. The van der Waals surface area contributed by atoms with E-state index in [9.17, 15) is 17.2 Å². The van der Waals surface area contributed by atoms with E-state index in [2.05, 4.69) is 9.97 Å². The van der Waals surface area contributed by atoms with Crippen LogP contribution in [0.5, 0.6) is 0 Å². The van der Waals surface area contributed by atoms with Gasteiger partial charge in [0.25, 0.3) is 6.43 Å². The molecule has 0 amide bonds. The number of sulfone groups is 1. The van der Waals surface area contributed by atoms with Crippen molar-refractivity contribution >= 4 is 32.2 Å². The van der Waals surface area contributed by atoms with Gasteiger partial charge in [0.05, 0.1) is 0 Å². The van der Waals surface area contributed by atoms with Crippen molar-refractivity contribution in [2.45, 2.75) is 11.5 Å². The maximum absolute atomic E-state index is 12.6. The van der Waals surface area contributed by atoms with E-state index in [-0.39, 0.29) is 15.9 Å². The lowest BCUT2D eigenvalue weighted by atomic mass is 10.2. The summed E-state index contributed by atoms with van der Waals surface area (Å²) in [5.41, 5.74) is -0.605. The van der Waals surface area contributed by atoms with Gasteiger partial charge in [-0.2, -0.15) is 0 Å². The third-order valence-corrected chi connectivity index (χ3v) is 3.46. The summed E-state index contributed by atoms with van der Waals surface area (Å²) in [4.78, 5) is 7.22. The van der Waals surface area contributed by atoms with Gasteiger partial charge in [-0.1, -0.05) is 11.6 Å². The third-order valence-electron chi connectivity index (χ3n) is 2.24. The Morgan fingerprint density at radius 2 is 2.00 bits per heavy atom. The summed E-state index contributed by atoms with van der Waals surface area (Å²) in [6.07, 6.45) is -0.719. The quantitative estimate of drug-likeness (QED) is 0.798. The van der Waals surface area contributed by atoms with E-state index in [0.717, 1.165) is 12.3 Å². The molecule has 2 aromatic rings. The zero-order valence-corrected chi connectivity index (χ0v) is 10.6. The first kappa shape index (κ1) is 13.1. The Bertz CT molecular complexity index is 719. The predicted molar refractivity (Wildman–Crippen MR) is 62.6 cm³/mol. The molecule has 0 N–H and O–H groups in total. The van der Waals surface area contributed by atoms with Crippen molar-refractivity contribution in [2.75, 3.05) is 6.26 Å². The van der Waals surface area contributed by atoms with Gasteiger partial charge in [-0.05, 0) is 12.1 Å². The first-order valence-electron chi connectivity index (χ1n) is 4.73. The van der Waals surface area contributed by atoms with Gasteiger partial charge in [-0.15, -0.1) is 0 Å². The van der Waals surface area contributed by atoms with Gasteiger partial charge in [0, 0.05) is 23.2 Å². The van der Waals surface area contributed by atoms with Crippen molar-refractivity contribution in [3.05, 3.63) is 29.2 Å². The van der Waals surface area contributed by atoms with Crippen LogP contribution < -0.4 is 0 Å². The van der Waals surface area contributed by atoms with Crippen molar-refractivity contribution in [1.29, 1.82) is 0 Å². The van der Waals surface area contributed by atoms with Gasteiger partial charge < -0.3 is 0 Å². The monoisotopic (exact) mass is 292 g/mol. The van der Waals surface area contributed by atoms with Gasteiger partial charge in [0.1, 0.15) is 10.8 Å². The van der Waals surface area contributed by atoms with Crippen LogP contribution in [0.25, 0.3) is 10.8 Å². The van der Waals surface area contributed by atoms with Crippen LogP contribution in [-0.4, -0.2) is 24.6 Å². The molecule has 0 spiro atoms. The fourth-order valence-electron chi connectivity index (χ4n) is 1.50. The topological polar surface area (TPSA) is 59.9 Å². The highest BCUT2D eigenvalue weighted by atomic mass is 35.5. The minimum Gasteiger partial charge on any atom is -0.244 e. The molecule has 96 valence electrons. The molecule has 2 aromatic heterocycles. The van der Waals surface area contributed by atoms with Crippen molar-refractivity contribution in [3.63, 3.8) is 0 Å². The van der Waals surface area contributed by atoms with E-state index in [1.165, 1.54) is 12.3 Å². The van der Waals surface area contributed by atoms with E-state index in [1.54, 1.807) is 0 Å². The molecule has 0 aliphatic rings. The van der Waals surface area contributed by atoms with E-state index in [4.69, 9.17) is 11.6 Å². The summed E-state index contributed by atoms with van der Waals surface area (Å²) >= 11 is 5.66. The van der Waals surface area contributed by atoms with Crippen LogP contribution in [-0.2, 0) is 9.84 Å². The van der Waals surface area contributed by atoms with Crippen molar-refractivity contribution in [3.8, 4) is 0 Å². The van der Waals surface area contributed by atoms with Gasteiger partial charge >= 0.3 is 0 Å². The minimum atomic E-state index is -3.73. The van der Waals surface area contributed by atoms with Crippen LogP contribution in [0, 0.1) is 0 Å². The molecule has 0 unspecified atom stereocenters. The van der Waals surface area contributed by atoms with Crippen LogP contribution >= 0.6 is 11.6 Å². The van der Waals surface area contributed by atoms with Crippen LogP contribution in [0.15, 0.2) is 23.4 Å². The molecule has 0 saturated heterocycles. The molecule has 0 aliphatic carbocycles. The zero-order chi connectivity index (χ0) is 13.5. The minimum absolute atomic E-state index is 0.0685. The molecular weight excluding hydrogens is 286 g/mol. The summed E-state index contributed by atoms with van der Waals surface area (Å²) < 4.78 is 48.4. The molecule has 2 rings (SSSR count). The average molecular weight is 293 g/mol. The van der Waals surface area contributed by atoms with Crippen molar-refractivity contribution in [2.24, 2.45) is 0 Å². The van der Waals surface area contributed by atoms with Crippen molar-refractivity contribution < 1.29 is 17.2 Å². The molecule has 0 bridgehead atoms. The maximum Gasteiger partial charge on any atom is 0.280 e. The molecule has 18 heavy (non-hydrogen) atoms. The Morgan fingerprint density at radius 1 is 1.33 bits per heavy atom. The van der Waals surface area contributed by atoms with E-state index in [1.807, 2.05) is 0 Å². The number of pyridine rings is 2. The molecule has 4 nitrogen and oxygen atoms in total. The van der Waals surface area contributed by atoms with Gasteiger partial charge in [-0.25, -0.2) is 27.2 Å². The number of fused-ring (bicyclic) bond motifs is 1. The lowest BCUT2D eigenvalue weighted by Crippen LogP contribution is -2.05. The second kappa shape index (κ2) is 4.40. The smallest absolute Gasteiger partial charge is 0.244 e. The summed E-state index contributed by atoms with van der Waals surface area (Å²) in [7, 11) is -3.73. The second-order valence-corrected chi connectivity index (χ2v) is 5.97. The van der Waals surface area contributed by atoms with Crippen LogP contribution in [0.4, 0.5) is 8.78 Å². The Balaban J connectivity index is 2.91. The average Bonchev–Trinajstić information content (AvgIpc) is 2.26. The second-order valence-electron chi connectivity index (χ2n) is 3.65. The zero-order valence-electron chi connectivity index (χ0n) is 9.06. The number of alkyl halides is 2. The highest BCUT2D eigenvalue weighted by molar-refractivity contribution is 7.90. The molecule has 0 fully saturated rings. The summed E-state index contributed by atoms with van der Waals surface area (Å²) in [6.45, 7) is 0. The molecule has 0 saturated carbocycles. The summed E-state index contributed by atoms with van der Waals surface area (Å²) in [6, 6.07) is 2.38. The lowest BCUT2D eigenvalue weighted by molar-refractivity contribution is 0.145.